The second-order valence-corrected chi connectivity index (χ2v) is 4.35. The quantitative estimate of drug-likeness (QED) is 0.934. The lowest BCUT2D eigenvalue weighted by atomic mass is 10.3. The van der Waals surface area contributed by atoms with E-state index in [0.717, 1.165) is 29.0 Å². The van der Waals surface area contributed by atoms with Crippen LogP contribution in [0.4, 0.5) is 5.82 Å². The number of aryl methyl sites for hydroxylation is 1. The summed E-state index contributed by atoms with van der Waals surface area (Å²) < 4.78 is 2.79. The maximum atomic E-state index is 4.31. The smallest absolute Gasteiger partial charge is 0.140 e. The SMILES string of the molecule is Cn1ccc(CCNc2ncccc2Br)n1. The molecule has 84 valence electrons. The van der Waals surface area contributed by atoms with Crippen LogP contribution in [0.5, 0.6) is 0 Å². The molecule has 0 bridgehead atoms. The maximum Gasteiger partial charge on any atom is 0.140 e. The minimum absolute atomic E-state index is 0.826. The van der Waals surface area contributed by atoms with Crippen molar-refractivity contribution >= 4 is 21.7 Å². The molecule has 0 aromatic carbocycles. The Morgan fingerprint density at radius 2 is 2.31 bits per heavy atom. The zero-order valence-corrected chi connectivity index (χ0v) is 10.6. The van der Waals surface area contributed by atoms with Gasteiger partial charge in [0.1, 0.15) is 5.82 Å². The van der Waals surface area contributed by atoms with Crippen LogP contribution < -0.4 is 5.32 Å². The van der Waals surface area contributed by atoms with Gasteiger partial charge in [-0.3, -0.25) is 4.68 Å². The second kappa shape index (κ2) is 5.12. The van der Waals surface area contributed by atoms with E-state index in [1.807, 2.05) is 36.1 Å². The van der Waals surface area contributed by atoms with Crippen LogP contribution in [0.2, 0.25) is 0 Å². The van der Waals surface area contributed by atoms with E-state index in [2.05, 4.69) is 31.3 Å². The normalized spacial score (nSPS) is 10.4. The molecule has 4 nitrogen and oxygen atoms in total. The van der Waals surface area contributed by atoms with Crippen molar-refractivity contribution < 1.29 is 0 Å². The molecule has 5 heteroatoms. The molecule has 0 atom stereocenters. The topological polar surface area (TPSA) is 42.7 Å². The van der Waals surface area contributed by atoms with Crippen molar-refractivity contribution in [3.05, 3.63) is 40.8 Å². The first-order valence-corrected chi connectivity index (χ1v) is 5.88. The summed E-state index contributed by atoms with van der Waals surface area (Å²) in [6, 6.07) is 5.89. The zero-order chi connectivity index (χ0) is 11.4. The maximum absolute atomic E-state index is 4.31. The summed E-state index contributed by atoms with van der Waals surface area (Å²) >= 11 is 3.44. The molecule has 0 amide bonds. The number of anilines is 1. The third kappa shape index (κ3) is 2.82. The van der Waals surface area contributed by atoms with Gasteiger partial charge in [0.15, 0.2) is 0 Å². The molecule has 0 unspecified atom stereocenters. The van der Waals surface area contributed by atoms with Gasteiger partial charge in [-0.25, -0.2) is 4.98 Å². The molecule has 16 heavy (non-hydrogen) atoms. The third-order valence-corrected chi connectivity index (χ3v) is 2.84. The zero-order valence-electron chi connectivity index (χ0n) is 9.02. The molecule has 0 radical (unpaired) electrons. The van der Waals surface area contributed by atoms with Gasteiger partial charge >= 0.3 is 0 Å². The van der Waals surface area contributed by atoms with Gasteiger partial charge in [-0.1, -0.05) is 0 Å². The number of hydrogen-bond acceptors (Lipinski definition) is 3. The molecule has 0 fully saturated rings. The predicted octanol–water partition coefficient (Wildman–Crippen LogP) is 2.23. The fraction of sp³-hybridized carbons (Fsp3) is 0.273. The van der Waals surface area contributed by atoms with Crippen LogP contribution in [0, 0.1) is 0 Å². The monoisotopic (exact) mass is 280 g/mol. The van der Waals surface area contributed by atoms with E-state index in [-0.39, 0.29) is 0 Å². The Morgan fingerprint density at radius 1 is 1.44 bits per heavy atom. The van der Waals surface area contributed by atoms with Gasteiger partial charge in [-0.05, 0) is 34.1 Å². The van der Waals surface area contributed by atoms with Crippen LogP contribution in [0.1, 0.15) is 5.69 Å². The van der Waals surface area contributed by atoms with Crippen molar-refractivity contribution in [3.8, 4) is 0 Å². The molecular weight excluding hydrogens is 268 g/mol. The Bertz CT molecular complexity index is 467. The summed E-state index contributed by atoms with van der Waals surface area (Å²) in [6.45, 7) is 0.826. The molecule has 0 aliphatic rings. The van der Waals surface area contributed by atoms with Crippen LogP contribution in [-0.4, -0.2) is 21.3 Å². The van der Waals surface area contributed by atoms with Crippen LogP contribution in [0.25, 0.3) is 0 Å². The molecule has 0 aliphatic heterocycles. The van der Waals surface area contributed by atoms with Crippen LogP contribution in [0.15, 0.2) is 35.1 Å². The first-order valence-electron chi connectivity index (χ1n) is 5.08. The number of nitrogens with one attached hydrogen (secondary N) is 1. The average molecular weight is 281 g/mol. The van der Waals surface area contributed by atoms with E-state index < -0.39 is 0 Å². The Morgan fingerprint density at radius 3 is 3.00 bits per heavy atom. The summed E-state index contributed by atoms with van der Waals surface area (Å²) in [5.41, 5.74) is 1.09. The average Bonchev–Trinajstić information content (AvgIpc) is 2.67. The number of nitrogens with zero attached hydrogens (tertiary/aromatic N) is 3. The van der Waals surface area contributed by atoms with Crippen LogP contribution >= 0.6 is 15.9 Å². The van der Waals surface area contributed by atoms with Crippen molar-refractivity contribution in [1.29, 1.82) is 0 Å². The highest BCUT2D eigenvalue weighted by atomic mass is 79.9. The Hall–Kier alpha value is -1.36. The lowest BCUT2D eigenvalue weighted by molar-refractivity contribution is 0.742. The molecule has 0 aliphatic carbocycles. The molecule has 2 aromatic rings. The highest BCUT2D eigenvalue weighted by Crippen LogP contribution is 2.17. The lowest BCUT2D eigenvalue weighted by Crippen LogP contribution is -2.07. The summed E-state index contributed by atoms with van der Waals surface area (Å²) in [5, 5.41) is 7.57. The fourth-order valence-electron chi connectivity index (χ4n) is 1.42. The number of aromatic nitrogens is 3. The highest BCUT2D eigenvalue weighted by molar-refractivity contribution is 9.10. The van der Waals surface area contributed by atoms with E-state index in [1.54, 1.807) is 6.20 Å². The number of pyridine rings is 1. The molecule has 2 rings (SSSR count). The number of halogens is 1. The predicted molar refractivity (Wildman–Crippen MR) is 67.3 cm³/mol. The molecule has 0 saturated carbocycles. The van der Waals surface area contributed by atoms with Gasteiger partial charge in [0.25, 0.3) is 0 Å². The van der Waals surface area contributed by atoms with Crippen molar-refractivity contribution in [2.45, 2.75) is 6.42 Å². The van der Waals surface area contributed by atoms with E-state index >= 15 is 0 Å². The van der Waals surface area contributed by atoms with Gasteiger partial charge in [-0.15, -0.1) is 0 Å². The summed E-state index contributed by atoms with van der Waals surface area (Å²) in [5.74, 6) is 0.874. The Labute approximate surface area is 103 Å². The van der Waals surface area contributed by atoms with Crippen LogP contribution in [-0.2, 0) is 13.5 Å². The van der Waals surface area contributed by atoms with Crippen LogP contribution in [0.3, 0.4) is 0 Å². The van der Waals surface area contributed by atoms with E-state index in [9.17, 15) is 0 Å². The second-order valence-electron chi connectivity index (χ2n) is 3.49. The Kier molecular flexibility index (Phi) is 3.56. The molecule has 2 heterocycles. The van der Waals surface area contributed by atoms with Crippen molar-refractivity contribution in [2.75, 3.05) is 11.9 Å². The first kappa shape index (κ1) is 11.1. The largest absolute Gasteiger partial charge is 0.369 e. The molecule has 0 spiro atoms. The molecule has 1 N–H and O–H groups in total. The van der Waals surface area contributed by atoms with Gasteiger partial charge in [0.05, 0.1) is 10.2 Å². The molecular formula is C11H13BrN4. The first-order chi connectivity index (χ1) is 7.75. The number of hydrogen-bond donors (Lipinski definition) is 1. The summed E-state index contributed by atoms with van der Waals surface area (Å²) in [6.07, 6.45) is 4.61. The van der Waals surface area contributed by atoms with Gasteiger partial charge in [0, 0.05) is 32.4 Å². The van der Waals surface area contributed by atoms with Gasteiger partial charge in [0.2, 0.25) is 0 Å². The highest BCUT2D eigenvalue weighted by Gasteiger charge is 2.00. The minimum atomic E-state index is 0.826. The van der Waals surface area contributed by atoms with Crippen molar-refractivity contribution in [3.63, 3.8) is 0 Å². The van der Waals surface area contributed by atoms with Crippen molar-refractivity contribution in [2.24, 2.45) is 7.05 Å². The number of rotatable bonds is 4. The molecule has 2 aromatic heterocycles. The standard InChI is InChI=1S/C11H13BrN4/c1-16-8-5-9(15-16)4-7-14-11-10(12)3-2-6-13-11/h2-3,5-6,8H,4,7H2,1H3,(H,13,14). The van der Waals surface area contributed by atoms with E-state index in [4.69, 9.17) is 0 Å². The van der Waals surface area contributed by atoms with Crippen molar-refractivity contribution in [1.82, 2.24) is 14.8 Å². The Balaban J connectivity index is 1.87. The summed E-state index contributed by atoms with van der Waals surface area (Å²) in [4.78, 5) is 4.23. The van der Waals surface area contributed by atoms with E-state index in [0.29, 0.717) is 0 Å². The fourth-order valence-corrected chi connectivity index (χ4v) is 1.82. The molecule has 0 saturated heterocycles. The third-order valence-electron chi connectivity index (χ3n) is 2.20. The van der Waals surface area contributed by atoms with Gasteiger partial charge in [-0.2, -0.15) is 5.10 Å². The lowest BCUT2D eigenvalue weighted by Gasteiger charge is -2.05. The summed E-state index contributed by atoms with van der Waals surface area (Å²) in [7, 11) is 1.92. The van der Waals surface area contributed by atoms with E-state index in [1.165, 1.54) is 0 Å². The van der Waals surface area contributed by atoms with Gasteiger partial charge < -0.3 is 5.32 Å². The minimum Gasteiger partial charge on any atom is -0.369 e.